The van der Waals surface area contributed by atoms with E-state index in [1.54, 1.807) is 6.92 Å². The number of fused-ring (bicyclic) bond motifs is 2. The average Bonchev–Trinajstić information content (AvgIpc) is 2.84. The first kappa shape index (κ1) is 15.6. The van der Waals surface area contributed by atoms with Gasteiger partial charge in [-0.25, -0.2) is 0 Å². The lowest BCUT2D eigenvalue weighted by Crippen LogP contribution is -2.48. The van der Waals surface area contributed by atoms with E-state index in [4.69, 9.17) is 0 Å². The van der Waals surface area contributed by atoms with E-state index in [2.05, 4.69) is 60.5 Å². The van der Waals surface area contributed by atoms with Crippen LogP contribution >= 0.6 is 0 Å². The van der Waals surface area contributed by atoms with E-state index in [0.717, 1.165) is 6.42 Å². The summed E-state index contributed by atoms with van der Waals surface area (Å²) < 4.78 is 0. The highest BCUT2D eigenvalue weighted by Gasteiger charge is 2.47. The SMILES string of the molecule is CC(=O)[C@H]1[C@@H](c2ccc(-c3ccccc3)cc2)C[C@@H]2CC[C@H]1N2C. The van der Waals surface area contributed by atoms with Gasteiger partial charge in [-0.05, 0) is 55.8 Å². The first-order chi connectivity index (χ1) is 11.6. The van der Waals surface area contributed by atoms with Crippen molar-refractivity contribution in [2.75, 3.05) is 7.05 Å². The summed E-state index contributed by atoms with van der Waals surface area (Å²) in [5.41, 5.74) is 3.82. The van der Waals surface area contributed by atoms with E-state index in [-0.39, 0.29) is 5.92 Å². The number of hydrogen-bond acceptors (Lipinski definition) is 2. The molecule has 0 N–H and O–H groups in total. The first-order valence-electron chi connectivity index (χ1n) is 9.03. The summed E-state index contributed by atoms with van der Waals surface area (Å²) in [6.07, 6.45) is 3.52. The number of ketones is 1. The number of Topliss-reactive ketones (excluding diaryl/α,β-unsaturated/α-hetero) is 1. The van der Waals surface area contributed by atoms with Crippen LogP contribution in [0.4, 0.5) is 0 Å². The predicted octanol–water partition coefficient (Wildman–Crippen LogP) is 4.51. The van der Waals surface area contributed by atoms with Crippen molar-refractivity contribution in [2.45, 2.75) is 44.2 Å². The van der Waals surface area contributed by atoms with E-state index in [1.807, 2.05) is 6.07 Å². The molecule has 0 radical (unpaired) electrons. The van der Waals surface area contributed by atoms with Crippen molar-refractivity contribution in [3.8, 4) is 11.1 Å². The molecule has 2 bridgehead atoms. The van der Waals surface area contributed by atoms with Crippen molar-refractivity contribution in [2.24, 2.45) is 5.92 Å². The Hall–Kier alpha value is -1.93. The van der Waals surface area contributed by atoms with Crippen LogP contribution in [0, 0.1) is 5.92 Å². The summed E-state index contributed by atoms with van der Waals surface area (Å²) in [5.74, 6) is 0.877. The van der Waals surface area contributed by atoms with E-state index in [0.29, 0.717) is 23.8 Å². The number of piperidine rings is 1. The van der Waals surface area contributed by atoms with Crippen LogP contribution in [0.25, 0.3) is 11.1 Å². The van der Waals surface area contributed by atoms with E-state index < -0.39 is 0 Å². The van der Waals surface area contributed by atoms with Gasteiger partial charge in [0.2, 0.25) is 0 Å². The first-order valence-corrected chi connectivity index (χ1v) is 9.03. The highest BCUT2D eigenvalue weighted by atomic mass is 16.1. The molecule has 24 heavy (non-hydrogen) atoms. The van der Waals surface area contributed by atoms with Crippen molar-refractivity contribution in [1.29, 1.82) is 0 Å². The molecular formula is C22H25NO. The van der Waals surface area contributed by atoms with E-state index in [1.165, 1.54) is 29.5 Å². The summed E-state index contributed by atoms with van der Waals surface area (Å²) in [6.45, 7) is 1.78. The second kappa shape index (κ2) is 6.18. The number of benzene rings is 2. The fourth-order valence-corrected chi connectivity index (χ4v) is 4.92. The standard InChI is InChI=1S/C22H25NO/c1-15(24)22-20(14-19-12-13-21(22)23(19)2)18-10-8-17(9-11-18)16-6-4-3-5-7-16/h3-11,19-22H,12-14H2,1-2H3/t19-,20+,21+,22-/m0/s1. The number of hydrogen-bond donors (Lipinski definition) is 0. The molecule has 2 aliphatic rings. The number of carbonyl (C=O) groups excluding carboxylic acids is 1. The minimum atomic E-state index is 0.149. The van der Waals surface area contributed by atoms with Gasteiger partial charge in [-0.15, -0.1) is 0 Å². The van der Waals surface area contributed by atoms with Crippen LogP contribution in [0.5, 0.6) is 0 Å². The maximum Gasteiger partial charge on any atom is 0.135 e. The molecule has 0 aliphatic carbocycles. The number of rotatable bonds is 3. The van der Waals surface area contributed by atoms with Crippen LogP contribution in [-0.2, 0) is 4.79 Å². The van der Waals surface area contributed by atoms with Gasteiger partial charge in [0.05, 0.1) is 0 Å². The van der Waals surface area contributed by atoms with Crippen molar-refractivity contribution < 1.29 is 4.79 Å². The minimum absolute atomic E-state index is 0.149. The van der Waals surface area contributed by atoms with Gasteiger partial charge < -0.3 is 0 Å². The third kappa shape index (κ3) is 2.59. The predicted molar refractivity (Wildman–Crippen MR) is 98.0 cm³/mol. The molecule has 2 heteroatoms. The topological polar surface area (TPSA) is 20.3 Å². The molecule has 2 fully saturated rings. The zero-order valence-corrected chi connectivity index (χ0v) is 14.5. The molecule has 0 unspecified atom stereocenters. The summed E-state index contributed by atoms with van der Waals surface area (Å²) in [4.78, 5) is 14.8. The zero-order chi connectivity index (χ0) is 16.7. The average molecular weight is 319 g/mol. The van der Waals surface area contributed by atoms with Gasteiger partial charge in [0.1, 0.15) is 5.78 Å². The fourth-order valence-electron chi connectivity index (χ4n) is 4.92. The molecule has 2 aromatic carbocycles. The van der Waals surface area contributed by atoms with Gasteiger partial charge in [-0.2, -0.15) is 0 Å². The molecule has 0 spiro atoms. The van der Waals surface area contributed by atoms with Gasteiger partial charge in [-0.1, -0.05) is 54.6 Å². The lowest BCUT2D eigenvalue weighted by molar-refractivity contribution is -0.124. The number of carbonyl (C=O) groups is 1. The molecule has 2 saturated heterocycles. The third-order valence-corrected chi connectivity index (χ3v) is 6.18. The molecule has 4 rings (SSSR count). The van der Waals surface area contributed by atoms with Crippen LogP contribution < -0.4 is 0 Å². The molecular weight excluding hydrogens is 294 g/mol. The lowest BCUT2D eigenvalue weighted by atomic mass is 9.74. The van der Waals surface area contributed by atoms with Gasteiger partial charge in [-0.3, -0.25) is 9.69 Å². The van der Waals surface area contributed by atoms with Crippen LogP contribution in [0.2, 0.25) is 0 Å². The lowest BCUT2D eigenvalue weighted by Gasteiger charge is -2.42. The van der Waals surface area contributed by atoms with Crippen LogP contribution in [0.1, 0.15) is 37.7 Å². The van der Waals surface area contributed by atoms with Crippen molar-refractivity contribution >= 4 is 5.78 Å². The molecule has 0 saturated carbocycles. The highest BCUT2D eigenvalue weighted by Crippen LogP contribution is 2.46. The molecule has 2 aromatic rings. The smallest absolute Gasteiger partial charge is 0.135 e. The summed E-state index contributed by atoms with van der Waals surface area (Å²) in [6, 6.07) is 20.5. The summed E-state index contributed by atoms with van der Waals surface area (Å²) in [5, 5.41) is 0. The Kier molecular flexibility index (Phi) is 4.01. The Morgan fingerprint density at radius 1 is 0.958 bits per heavy atom. The highest BCUT2D eigenvalue weighted by molar-refractivity contribution is 5.80. The molecule has 0 amide bonds. The maximum absolute atomic E-state index is 12.4. The van der Waals surface area contributed by atoms with Crippen LogP contribution in [0.15, 0.2) is 54.6 Å². The van der Waals surface area contributed by atoms with Crippen molar-refractivity contribution in [3.05, 3.63) is 60.2 Å². The Morgan fingerprint density at radius 3 is 2.29 bits per heavy atom. The van der Waals surface area contributed by atoms with Gasteiger partial charge >= 0.3 is 0 Å². The Balaban J connectivity index is 1.64. The molecule has 2 nitrogen and oxygen atoms in total. The maximum atomic E-state index is 12.4. The largest absolute Gasteiger partial charge is 0.300 e. The molecule has 0 aromatic heterocycles. The zero-order valence-electron chi connectivity index (χ0n) is 14.5. The second-order valence-corrected chi connectivity index (χ2v) is 7.43. The van der Waals surface area contributed by atoms with Gasteiger partial charge in [0.25, 0.3) is 0 Å². The minimum Gasteiger partial charge on any atom is -0.300 e. The Morgan fingerprint density at radius 2 is 1.62 bits per heavy atom. The van der Waals surface area contributed by atoms with Crippen molar-refractivity contribution in [3.63, 3.8) is 0 Å². The van der Waals surface area contributed by atoms with Gasteiger partial charge in [0.15, 0.2) is 0 Å². The van der Waals surface area contributed by atoms with Gasteiger partial charge in [0, 0.05) is 18.0 Å². The van der Waals surface area contributed by atoms with E-state index >= 15 is 0 Å². The summed E-state index contributed by atoms with van der Waals surface area (Å²) >= 11 is 0. The monoisotopic (exact) mass is 319 g/mol. The molecule has 4 atom stereocenters. The number of nitrogens with zero attached hydrogens (tertiary/aromatic N) is 1. The van der Waals surface area contributed by atoms with Crippen LogP contribution in [0.3, 0.4) is 0 Å². The fraction of sp³-hybridized carbons (Fsp3) is 0.409. The van der Waals surface area contributed by atoms with E-state index in [9.17, 15) is 4.79 Å². The molecule has 2 heterocycles. The molecule has 124 valence electrons. The quantitative estimate of drug-likeness (QED) is 0.829. The third-order valence-electron chi connectivity index (χ3n) is 6.18. The second-order valence-electron chi connectivity index (χ2n) is 7.43. The normalized spacial score (nSPS) is 29.6. The Labute approximate surface area is 144 Å². The van der Waals surface area contributed by atoms with Crippen LogP contribution in [-0.4, -0.2) is 29.8 Å². The molecule has 2 aliphatic heterocycles. The Bertz CT molecular complexity index is 721. The van der Waals surface area contributed by atoms with Crippen molar-refractivity contribution in [1.82, 2.24) is 4.90 Å². The summed E-state index contributed by atoms with van der Waals surface area (Å²) in [7, 11) is 2.20.